The van der Waals surface area contributed by atoms with Gasteiger partial charge in [0.15, 0.2) is 20.0 Å². The molecule has 5 nitrogen and oxygen atoms in total. The molecule has 0 aromatic heterocycles. The zero-order valence-electron chi connectivity index (χ0n) is 18.7. The number of nitrogens with one attached hydrogen (secondary N) is 1. The number of carbonyl (C=O) groups is 1. The molecule has 2 aromatic carbocycles. The fourth-order valence-electron chi connectivity index (χ4n) is 3.11. The van der Waals surface area contributed by atoms with E-state index in [0.717, 1.165) is 17.7 Å². The predicted octanol–water partition coefficient (Wildman–Crippen LogP) is 5.92. The molecule has 1 heterocycles. The fourth-order valence-corrected chi connectivity index (χ4v) is 4.44. The Kier molecular flexibility index (Phi) is 6.71. The Labute approximate surface area is 183 Å². The van der Waals surface area contributed by atoms with Crippen molar-refractivity contribution in [1.29, 1.82) is 0 Å². The van der Waals surface area contributed by atoms with Crippen LogP contribution in [0, 0.1) is 11.6 Å². The van der Waals surface area contributed by atoms with E-state index < -0.39 is 26.0 Å². The van der Waals surface area contributed by atoms with Gasteiger partial charge in [-0.15, -0.1) is 0 Å². The SMILES string of the molecule is CC(C)(C)[Si](C)(C)OC1CN(c2c(F)cc(NC(=O)OCc3ccccc3)cc2F)C1. The van der Waals surface area contributed by atoms with Crippen molar-refractivity contribution in [2.75, 3.05) is 23.3 Å². The summed E-state index contributed by atoms with van der Waals surface area (Å²) < 4.78 is 40.6. The van der Waals surface area contributed by atoms with Crippen molar-refractivity contribution >= 4 is 25.8 Å². The predicted molar refractivity (Wildman–Crippen MR) is 121 cm³/mol. The first kappa shape index (κ1) is 23.2. The first-order valence-corrected chi connectivity index (χ1v) is 13.3. The highest BCUT2D eigenvalue weighted by atomic mass is 28.4. The fraction of sp³-hybridized carbons (Fsp3) is 0.435. The monoisotopic (exact) mass is 448 g/mol. The maximum absolute atomic E-state index is 14.6. The third kappa shape index (κ3) is 5.62. The van der Waals surface area contributed by atoms with E-state index in [9.17, 15) is 13.6 Å². The van der Waals surface area contributed by atoms with Gasteiger partial charge in [-0.25, -0.2) is 13.6 Å². The molecule has 1 fully saturated rings. The van der Waals surface area contributed by atoms with Crippen LogP contribution in [-0.2, 0) is 15.8 Å². The van der Waals surface area contributed by atoms with Crippen LogP contribution in [-0.4, -0.2) is 33.6 Å². The Bertz CT molecular complexity index is 903. The molecule has 2 aromatic rings. The summed E-state index contributed by atoms with van der Waals surface area (Å²) in [7, 11) is -1.93. The molecule has 3 rings (SSSR count). The van der Waals surface area contributed by atoms with Gasteiger partial charge < -0.3 is 14.1 Å². The summed E-state index contributed by atoms with van der Waals surface area (Å²) in [4.78, 5) is 13.6. The van der Waals surface area contributed by atoms with Gasteiger partial charge in [0.2, 0.25) is 0 Å². The number of amides is 1. The Morgan fingerprint density at radius 1 is 1.13 bits per heavy atom. The lowest BCUT2D eigenvalue weighted by atomic mass is 10.1. The van der Waals surface area contributed by atoms with Gasteiger partial charge in [0.05, 0.1) is 6.10 Å². The standard InChI is InChI=1S/C23H30F2N2O3Si/c1-23(2,3)31(4,5)30-18-13-27(14-18)21-19(24)11-17(12-20(21)25)26-22(28)29-15-16-9-7-6-8-10-16/h6-12,18H,13-15H2,1-5H3,(H,26,28). The third-order valence-corrected chi connectivity index (χ3v) is 10.4. The maximum atomic E-state index is 14.6. The molecule has 1 aliphatic rings. The minimum Gasteiger partial charge on any atom is -0.444 e. The number of ether oxygens (including phenoxy) is 1. The van der Waals surface area contributed by atoms with E-state index >= 15 is 0 Å². The highest BCUT2D eigenvalue weighted by molar-refractivity contribution is 6.74. The number of carbonyl (C=O) groups excluding carboxylic acids is 1. The van der Waals surface area contributed by atoms with Gasteiger partial charge in [-0.2, -0.15) is 0 Å². The number of anilines is 2. The van der Waals surface area contributed by atoms with Gasteiger partial charge in [0, 0.05) is 18.8 Å². The normalized spacial score (nSPS) is 14.9. The largest absolute Gasteiger partial charge is 0.444 e. The zero-order valence-corrected chi connectivity index (χ0v) is 19.7. The summed E-state index contributed by atoms with van der Waals surface area (Å²) >= 11 is 0. The molecule has 8 heteroatoms. The topological polar surface area (TPSA) is 50.8 Å². The van der Waals surface area contributed by atoms with Crippen LogP contribution in [0.1, 0.15) is 26.3 Å². The quantitative estimate of drug-likeness (QED) is 0.557. The molecule has 1 amide bonds. The Morgan fingerprint density at radius 2 is 1.71 bits per heavy atom. The van der Waals surface area contributed by atoms with Crippen molar-refractivity contribution in [1.82, 2.24) is 0 Å². The molecule has 0 bridgehead atoms. The summed E-state index contributed by atoms with van der Waals surface area (Å²) in [6.07, 6.45) is -0.812. The Balaban J connectivity index is 1.57. The van der Waals surface area contributed by atoms with Crippen LogP contribution in [0.2, 0.25) is 18.1 Å². The minimum absolute atomic E-state index is 0.00593. The first-order chi connectivity index (χ1) is 14.5. The van der Waals surface area contributed by atoms with Crippen LogP contribution in [0.3, 0.4) is 0 Å². The van der Waals surface area contributed by atoms with Gasteiger partial charge in [0.25, 0.3) is 0 Å². The Morgan fingerprint density at radius 3 is 2.26 bits per heavy atom. The van der Waals surface area contributed by atoms with Gasteiger partial charge in [-0.1, -0.05) is 51.1 Å². The summed E-state index contributed by atoms with van der Waals surface area (Å²) in [5.41, 5.74) is 0.724. The molecule has 1 aliphatic heterocycles. The smallest absolute Gasteiger partial charge is 0.411 e. The maximum Gasteiger partial charge on any atom is 0.411 e. The zero-order chi connectivity index (χ0) is 22.8. The molecule has 0 unspecified atom stereocenters. The highest BCUT2D eigenvalue weighted by Crippen LogP contribution is 2.39. The number of rotatable bonds is 6. The van der Waals surface area contributed by atoms with E-state index in [-0.39, 0.29) is 29.1 Å². The lowest BCUT2D eigenvalue weighted by molar-refractivity contribution is 0.148. The second-order valence-electron chi connectivity index (χ2n) is 9.38. The van der Waals surface area contributed by atoms with Crippen molar-refractivity contribution in [2.45, 2.75) is 51.6 Å². The first-order valence-electron chi connectivity index (χ1n) is 10.4. The van der Waals surface area contributed by atoms with Crippen LogP contribution in [0.15, 0.2) is 42.5 Å². The number of nitrogens with zero attached hydrogens (tertiary/aromatic N) is 1. The number of hydrogen-bond acceptors (Lipinski definition) is 4. The second-order valence-corrected chi connectivity index (χ2v) is 14.1. The molecule has 1 saturated heterocycles. The molecule has 0 atom stereocenters. The number of hydrogen-bond donors (Lipinski definition) is 1. The summed E-state index contributed by atoms with van der Waals surface area (Å²) in [5, 5.41) is 2.45. The van der Waals surface area contributed by atoms with Crippen LogP contribution in [0.5, 0.6) is 0 Å². The van der Waals surface area contributed by atoms with Crippen molar-refractivity contribution in [3.8, 4) is 0 Å². The van der Waals surface area contributed by atoms with Crippen LogP contribution < -0.4 is 10.2 Å². The molecule has 0 aliphatic carbocycles. The van der Waals surface area contributed by atoms with Crippen LogP contribution >= 0.6 is 0 Å². The van der Waals surface area contributed by atoms with E-state index in [1.165, 1.54) is 0 Å². The molecule has 0 spiro atoms. The van der Waals surface area contributed by atoms with Crippen molar-refractivity contribution in [2.24, 2.45) is 0 Å². The summed E-state index contributed by atoms with van der Waals surface area (Å²) in [6, 6.07) is 11.4. The third-order valence-electron chi connectivity index (χ3n) is 5.91. The molecule has 0 saturated carbocycles. The van der Waals surface area contributed by atoms with E-state index in [4.69, 9.17) is 9.16 Å². The molecule has 31 heavy (non-hydrogen) atoms. The van der Waals surface area contributed by atoms with E-state index in [2.05, 4.69) is 39.2 Å². The average molecular weight is 449 g/mol. The number of benzene rings is 2. The van der Waals surface area contributed by atoms with Gasteiger partial charge in [-0.3, -0.25) is 5.32 Å². The highest BCUT2D eigenvalue weighted by Gasteiger charge is 2.42. The molecule has 0 radical (unpaired) electrons. The van der Waals surface area contributed by atoms with Crippen LogP contribution in [0.4, 0.5) is 25.0 Å². The summed E-state index contributed by atoms with van der Waals surface area (Å²) in [6.45, 7) is 11.7. The van der Waals surface area contributed by atoms with Gasteiger partial charge in [-0.05, 0) is 35.8 Å². The van der Waals surface area contributed by atoms with Crippen molar-refractivity contribution < 1.29 is 22.7 Å². The van der Waals surface area contributed by atoms with Crippen molar-refractivity contribution in [3.63, 3.8) is 0 Å². The van der Waals surface area contributed by atoms with E-state index in [1.54, 1.807) is 4.90 Å². The van der Waals surface area contributed by atoms with E-state index in [1.807, 2.05) is 30.3 Å². The average Bonchev–Trinajstić information content (AvgIpc) is 2.63. The van der Waals surface area contributed by atoms with Crippen LogP contribution in [0.25, 0.3) is 0 Å². The van der Waals surface area contributed by atoms with Crippen molar-refractivity contribution in [3.05, 3.63) is 59.7 Å². The lowest BCUT2D eigenvalue weighted by Gasteiger charge is -2.47. The molecule has 1 N–H and O–H groups in total. The minimum atomic E-state index is -1.93. The molecule has 168 valence electrons. The Hall–Kier alpha value is -2.45. The summed E-state index contributed by atoms with van der Waals surface area (Å²) in [5.74, 6) is -1.46. The lowest BCUT2D eigenvalue weighted by Crippen LogP contribution is -2.58. The molecular weight excluding hydrogens is 418 g/mol. The second kappa shape index (κ2) is 8.96. The number of halogens is 2. The van der Waals surface area contributed by atoms with E-state index in [0.29, 0.717) is 13.1 Å². The molecular formula is C23H30F2N2O3Si. The van der Waals surface area contributed by atoms with Gasteiger partial charge >= 0.3 is 6.09 Å². The van der Waals surface area contributed by atoms with Gasteiger partial charge in [0.1, 0.15) is 12.3 Å².